The fraction of sp³-hybridized carbons (Fsp3) is 0.467. The molecule has 1 aromatic heterocycles. The number of ether oxygens (including phenoxy) is 2. The number of benzene rings is 1. The van der Waals surface area contributed by atoms with Gasteiger partial charge in [-0.1, -0.05) is 6.07 Å². The molecule has 0 spiro atoms. The number of nitrogens with one attached hydrogen (secondary N) is 1. The summed E-state index contributed by atoms with van der Waals surface area (Å²) in [6, 6.07) is 5.97. The third kappa shape index (κ3) is 3.52. The smallest absolute Gasteiger partial charge is 0.146 e. The zero-order chi connectivity index (χ0) is 15.2. The number of rotatable bonds is 7. The maximum absolute atomic E-state index is 5.44. The van der Waals surface area contributed by atoms with Gasteiger partial charge in [-0.2, -0.15) is 0 Å². The van der Waals surface area contributed by atoms with E-state index in [-0.39, 0.29) is 6.04 Å². The van der Waals surface area contributed by atoms with Crippen molar-refractivity contribution in [3.05, 3.63) is 35.9 Å². The summed E-state index contributed by atoms with van der Waals surface area (Å²) < 4.78 is 12.7. The molecule has 0 radical (unpaired) electrons. The summed E-state index contributed by atoms with van der Waals surface area (Å²) in [5.41, 5.74) is 1.08. The molecule has 1 aromatic carbocycles. The lowest BCUT2D eigenvalue weighted by atomic mass is 10.1. The van der Waals surface area contributed by atoms with Crippen LogP contribution in [0, 0.1) is 0 Å². The average Bonchev–Trinajstić information content (AvgIpc) is 2.99. The molecule has 114 valence electrons. The second-order valence-corrected chi connectivity index (χ2v) is 4.74. The molecule has 0 amide bonds. The number of hydrogen-bond donors (Lipinski definition) is 1. The first-order valence-corrected chi connectivity index (χ1v) is 7.01. The fourth-order valence-corrected chi connectivity index (χ4v) is 2.21. The van der Waals surface area contributed by atoms with E-state index in [0.717, 1.165) is 29.4 Å². The first-order valence-electron chi connectivity index (χ1n) is 7.01. The minimum atomic E-state index is 0.132. The molecule has 0 bridgehead atoms. The van der Waals surface area contributed by atoms with Gasteiger partial charge >= 0.3 is 0 Å². The van der Waals surface area contributed by atoms with Crippen LogP contribution in [0.4, 0.5) is 0 Å². The van der Waals surface area contributed by atoms with E-state index in [1.807, 2.05) is 22.8 Å². The van der Waals surface area contributed by atoms with Gasteiger partial charge in [-0.15, -0.1) is 10.2 Å². The molecule has 0 fully saturated rings. The van der Waals surface area contributed by atoms with Crippen molar-refractivity contribution in [2.75, 3.05) is 14.2 Å². The molecule has 0 aliphatic heterocycles. The number of hydrogen-bond acceptors (Lipinski definition) is 5. The highest BCUT2D eigenvalue weighted by Gasteiger charge is 2.13. The number of nitrogens with zero attached hydrogens (tertiary/aromatic N) is 3. The van der Waals surface area contributed by atoms with Crippen LogP contribution in [-0.4, -0.2) is 29.0 Å². The summed E-state index contributed by atoms with van der Waals surface area (Å²) in [7, 11) is 3.31. The van der Waals surface area contributed by atoms with Crippen LogP contribution in [0.3, 0.4) is 0 Å². The zero-order valence-corrected chi connectivity index (χ0v) is 13.0. The highest BCUT2D eigenvalue weighted by atomic mass is 16.5. The molecule has 6 nitrogen and oxygen atoms in total. The molecular formula is C15H22N4O2. The lowest BCUT2D eigenvalue weighted by molar-refractivity contribution is 0.385. The van der Waals surface area contributed by atoms with Crippen LogP contribution in [-0.2, 0) is 13.1 Å². The highest BCUT2D eigenvalue weighted by Crippen LogP contribution is 2.29. The standard InChI is InChI=1S/C15H22N4O2/c1-5-19-10-17-18-15(19)9-16-11(2)13-7-6-12(20-3)8-14(13)21-4/h6-8,10-11,16H,5,9H2,1-4H3. The summed E-state index contributed by atoms with van der Waals surface area (Å²) in [6.45, 7) is 5.69. The maximum atomic E-state index is 5.44. The van der Waals surface area contributed by atoms with Crippen molar-refractivity contribution < 1.29 is 9.47 Å². The van der Waals surface area contributed by atoms with E-state index in [1.54, 1.807) is 20.5 Å². The Labute approximate surface area is 125 Å². The Balaban J connectivity index is 2.08. The van der Waals surface area contributed by atoms with E-state index in [0.29, 0.717) is 6.54 Å². The molecule has 0 aliphatic rings. The number of methoxy groups -OCH3 is 2. The maximum Gasteiger partial charge on any atom is 0.146 e. The molecule has 6 heteroatoms. The SMILES string of the molecule is CCn1cnnc1CNC(C)c1ccc(OC)cc1OC. The van der Waals surface area contributed by atoms with E-state index >= 15 is 0 Å². The van der Waals surface area contributed by atoms with Gasteiger partial charge in [0.15, 0.2) is 0 Å². The van der Waals surface area contributed by atoms with Gasteiger partial charge in [0.05, 0.1) is 20.8 Å². The van der Waals surface area contributed by atoms with Crippen LogP contribution < -0.4 is 14.8 Å². The van der Waals surface area contributed by atoms with Crippen LogP contribution in [0.5, 0.6) is 11.5 Å². The second-order valence-electron chi connectivity index (χ2n) is 4.74. The number of aryl methyl sites for hydroxylation is 1. The minimum absolute atomic E-state index is 0.132. The third-order valence-corrected chi connectivity index (χ3v) is 3.51. The third-order valence-electron chi connectivity index (χ3n) is 3.51. The first-order chi connectivity index (χ1) is 10.2. The van der Waals surface area contributed by atoms with Gasteiger partial charge in [-0.25, -0.2) is 0 Å². The Kier molecular flexibility index (Phi) is 5.16. The lowest BCUT2D eigenvalue weighted by Gasteiger charge is -2.18. The summed E-state index contributed by atoms with van der Waals surface area (Å²) in [6.07, 6.45) is 1.75. The Morgan fingerprint density at radius 1 is 1.29 bits per heavy atom. The van der Waals surface area contributed by atoms with Crippen molar-refractivity contribution in [1.82, 2.24) is 20.1 Å². The summed E-state index contributed by atoms with van der Waals surface area (Å²) in [4.78, 5) is 0. The topological polar surface area (TPSA) is 61.2 Å². The van der Waals surface area contributed by atoms with Gasteiger partial charge in [0.2, 0.25) is 0 Å². The normalized spacial score (nSPS) is 12.2. The second kappa shape index (κ2) is 7.08. The van der Waals surface area contributed by atoms with E-state index in [2.05, 4.69) is 29.4 Å². The van der Waals surface area contributed by atoms with Gasteiger partial charge < -0.3 is 19.4 Å². The van der Waals surface area contributed by atoms with Crippen molar-refractivity contribution in [1.29, 1.82) is 0 Å². The summed E-state index contributed by atoms with van der Waals surface area (Å²) in [5.74, 6) is 2.52. The number of aromatic nitrogens is 3. The quantitative estimate of drug-likeness (QED) is 0.846. The Hall–Kier alpha value is -2.08. The van der Waals surface area contributed by atoms with Crippen molar-refractivity contribution >= 4 is 0 Å². The highest BCUT2D eigenvalue weighted by molar-refractivity contribution is 5.42. The van der Waals surface area contributed by atoms with Crippen LogP contribution >= 0.6 is 0 Å². The lowest BCUT2D eigenvalue weighted by Crippen LogP contribution is -2.21. The summed E-state index contributed by atoms with van der Waals surface area (Å²) in [5, 5.41) is 11.5. The van der Waals surface area contributed by atoms with Gasteiger partial charge in [0.1, 0.15) is 23.7 Å². The van der Waals surface area contributed by atoms with Crippen LogP contribution in [0.25, 0.3) is 0 Å². The molecule has 2 rings (SSSR count). The molecule has 1 heterocycles. The molecule has 21 heavy (non-hydrogen) atoms. The predicted octanol–water partition coefficient (Wildman–Crippen LogP) is 2.17. The molecular weight excluding hydrogens is 268 g/mol. The molecule has 1 N–H and O–H groups in total. The van der Waals surface area contributed by atoms with Gasteiger partial charge in [0, 0.05) is 24.2 Å². The molecule has 0 aliphatic carbocycles. The van der Waals surface area contributed by atoms with Gasteiger partial charge in [0.25, 0.3) is 0 Å². The molecule has 1 atom stereocenters. The van der Waals surface area contributed by atoms with Crippen LogP contribution in [0.15, 0.2) is 24.5 Å². The van der Waals surface area contributed by atoms with Crippen molar-refractivity contribution in [2.45, 2.75) is 33.0 Å². The van der Waals surface area contributed by atoms with Gasteiger partial charge in [-0.05, 0) is 19.9 Å². The van der Waals surface area contributed by atoms with Crippen molar-refractivity contribution in [3.63, 3.8) is 0 Å². The van der Waals surface area contributed by atoms with E-state index < -0.39 is 0 Å². The predicted molar refractivity (Wildman–Crippen MR) is 80.5 cm³/mol. The van der Waals surface area contributed by atoms with Gasteiger partial charge in [-0.3, -0.25) is 0 Å². The van der Waals surface area contributed by atoms with Crippen molar-refractivity contribution in [2.24, 2.45) is 0 Å². The van der Waals surface area contributed by atoms with Crippen molar-refractivity contribution in [3.8, 4) is 11.5 Å². The van der Waals surface area contributed by atoms with E-state index in [1.165, 1.54) is 0 Å². The molecule has 0 saturated heterocycles. The van der Waals surface area contributed by atoms with E-state index in [4.69, 9.17) is 9.47 Å². The molecule has 0 saturated carbocycles. The fourth-order valence-electron chi connectivity index (χ4n) is 2.21. The Morgan fingerprint density at radius 2 is 2.10 bits per heavy atom. The van der Waals surface area contributed by atoms with Crippen LogP contribution in [0.2, 0.25) is 0 Å². The van der Waals surface area contributed by atoms with Crippen LogP contribution in [0.1, 0.15) is 31.3 Å². The summed E-state index contributed by atoms with van der Waals surface area (Å²) >= 11 is 0. The van der Waals surface area contributed by atoms with E-state index in [9.17, 15) is 0 Å². The monoisotopic (exact) mass is 290 g/mol. The molecule has 1 unspecified atom stereocenters. The average molecular weight is 290 g/mol. The minimum Gasteiger partial charge on any atom is -0.497 e. The Bertz CT molecular complexity index is 583. The zero-order valence-electron chi connectivity index (χ0n) is 13.0. The largest absolute Gasteiger partial charge is 0.497 e. The Morgan fingerprint density at radius 3 is 2.76 bits per heavy atom. The molecule has 2 aromatic rings. The first kappa shape index (κ1) is 15.3.